The number of aromatic hydroxyl groups is 1. The van der Waals surface area contributed by atoms with Gasteiger partial charge in [-0.1, -0.05) is 53.7 Å². The first kappa shape index (κ1) is 76.8. The van der Waals surface area contributed by atoms with Crippen LogP contribution in [0.25, 0.3) is 0 Å². The zero-order chi connectivity index (χ0) is 67.4. The van der Waals surface area contributed by atoms with Crippen LogP contribution in [0.1, 0.15) is 112 Å². The number of nitrogens with zero attached hydrogens (tertiary/aromatic N) is 2. The molecule has 498 valence electrons. The third kappa shape index (κ3) is 27.3. The molecule has 1 fully saturated rings. The molecule has 0 radical (unpaired) electrons. The average Bonchev–Trinajstić information content (AvgIpc) is 2.02. The van der Waals surface area contributed by atoms with Crippen LogP contribution in [-0.2, 0) is 68.7 Å². The highest BCUT2D eigenvalue weighted by Crippen LogP contribution is 2.22. The van der Waals surface area contributed by atoms with Crippen molar-refractivity contribution in [2.75, 3.05) is 31.6 Å². The van der Waals surface area contributed by atoms with Gasteiger partial charge in [-0.3, -0.25) is 62.5 Å². The number of carbonyl (C=O) groups is 13. The van der Waals surface area contributed by atoms with Crippen LogP contribution >= 0.6 is 11.8 Å². The third-order valence-corrected chi connectivity index (χ3v) is 14.6. The lowest BCUT2D eigenvalue weighted by molar-refractivity contribution is -0.144. The SMILES string of the molecule is CSCC[C@H](NC(=O)[C@@H](NC(=O)[C@@H](N)CCC(=O)O)[C@@H](C)O)C(=O)N[C@H](C(=O)N[C@@H](CCCN=C(N)N)C(=O)NCC(=O)N[C@H](C(=O)N1CCC[C@H]1C(=O)N[C@@H](CC(C)C)C(=O)N[C@@H](CC(=O)O)C(=O)N[C@@H](Cc1ccc(O)cc1)C(=O)O)C(C)C)C(C)C. The Labute approximate surface area is 519 Å². The van der Waals surface area contributed by atoms with Gasteiger partial charge >= 0.3 is 17.9 Å². The number of nitrogens with two attached hydrogens (primary N) is 3. The minimum absolute atomic E-state index is 0.00813. The average molecular weight is 1280 g/mol. The van der Waals surface area contributed by atoms with E-state index in [0.29, 0.717) is 17.7 Å². The van der Waals surface area contributed by atoms with Crippen molar-refractivity contribution in [3.63, 3.8) is 0 Å². The molecule has 1 aliphatic heterocycles. The normalized spacial score (nSPS) is 16.3. The number of hydrogen-bond acceptors (Lipinski definition) is 18. The molecule has 0 saturated carbocycles. The second kappa shape index (κ2) is 38.2. The van der Waals surface area contributed by atoms with Gasteiger partial charge in [0.05, 0.1) is 25.1 Å². The lowest BCUT2D eigenvalue weighted by Crippen LogP contribution is -2.61. The molecule has 32 nitrogen and oxygen atoms in total. The number of carboxylic acid groups (broad SMARTS) is 3. The number of phenolic OH excluding ortho intramolecular Hbond substituents is 1. The Hall–Kier alpha value is -8.33. The van der Waals surface area contributed by atoms with Gasteiger partial charge in [0.25, 0.3) is 0 Å². The second-order valence-corrected chi connectivity index (χ2v) is 23.7. The van der Waals surface area contributed by atoms with Crippen molar-refractivity contribution in [3.8, 4) is 5.75 Å². The number of amides is 10. The zero-order valence-electron chi connectivity index (χ0n) is 51.4. The number of carbonyl (C=O) groups excluding carboxylic acids is 10. The van der Waals surface area contributed by atoms with Gasteiger partial charge in [0.1, 0.15) is 60.1 Å². The van der Waals surface area contributed by atoms with Crippen LogP contribution in [0.2, 0.25) is 0 Å². The Morgan fingerprint density at radius 1 is 0.640 bits per heavy atom. The molecule has 1 aliphatic rings. The van der Waals surface area contributed by atoms with Crippen molar-refractivity contribution >= 4 is 94.7 Å². The number of guanidine groups is 1. The molecule has 0 bridgehead atoms. The van der Waals surface area contributed by atoms with E-state index in [-0.39, 0.29) is 75.7 Å². The standard InChI is InChI=1S/C56H90N14O18S/c1-27(2)23-36(49(81)64-37(25-42(76)77)50(82)66-38(55(87)88)24-31-13-15-32(72)16-14-31)65-51(83)39-12-10-21-70(39)54(86)44(29(5)6)67-40(73)26-61-47(79)34(11-9-20-60-56(58)59)62-52(84)43(28(3)4)68-48(80)35(19-22-89-8)63-53(85)45(30(7)71)69-46(78)33(57)17-18-41(74)75/h13-16,27-30,33-39,43-45,71-72H,9-12,17-26,57H2,1-8H3,(H,61,79)(H,62,84)(H,63,85)(H,64,81)(H,65,83)(H,66,82)(H,67,73)(H,68,80)(H,69,78)(H,74,75)(H,76,77)(H,87,88)(H4,58,59,60)/t30-,33+,34+,35+,36+,37+,38+,39+,43+,44+,45+/m1/s1. The van der Waals surface area contributed by atoms with E-state index in [1.54, 1.807) is 47.8 Å². The Kier molecular flexibility index (Phi) is 32.9. The van der Waals surface area contributed by atoms with Gasteiger partial charge in [0.2, 0.25) is 59.1 Å². The number of carboxylic acids is 3. The van der Waals surface area contributed by atoms with Gasteiger partial charge in [0, 0.05) is 25.9 Å². The molecule has 0 spiro atoms. The van der Waals surface area contributed by atoms with Gasteiger partial charge in [-0.25, -0.2) is 4.79 Å². The van der Waals surface area contributed by atoms with Gasteiger partial charge in [0.15, 0.2) is 5.96 Å². The predicted octanol–water partition coefficient (Wildman–Crippen LogP) is -3.78. The van der Waals surface area contributed by atoms with E-state index >= 15 is 0 Å². The first-order valence-electron chi connectivity index (χ1n) is 29.1. The van der Waals surface area contributed by atoms with Gasteiger partial charge in [-0.05, 0) is 99.3 Å². The summed E-state index contributed by atoms with van der Waals surface area (Å²) in [5.41, 5.74) is 17.2. The summed E-state index contributed by atoms with van der Waals surface area (Å²) in [7, 11) is 0. The summed E-state index contributed by atoms with van der Waals surface area (Å²) in [5, 5.41) is 70.8. The van der Waals surface area contributed by atoms with E-state index in [9.17, 15) is 82.8 Å². The number of benzene rings is 1. The number of aliphatic hydroxyl groups is 1. The lowest BCUT2D eigenvalue weighted by Gasteiger charge is -2.32. The molecule has 1 aromatic carbocycles. The van der Waals surface area contributed by atoms with Crippen LogP contribution in [-0.4, -0.2) is 212 Å². The second-order valence-electron chi connectivity index (χ2n) is 22.7. The number of aliphatic carboxylic acids is 3. The van der Waals surface area contributed by atoms with Crippen molar-refractivity contribution < 1.29 is 87.9 Å². The molecule has 2 rings (SSSR count). The summed E-state index contributed by atoms with van der Waals surface area (Å²) in [5.74, 6) is -14.7. The summed E-state index contributed by atoms with van der Waals surface area (Å²) in [6.07, 6.45) is -1.28. The Bertz CT molecular complexity index is 2660. The van der Waals surface area contributed by atoms with Crippen LogP contribution in [0.3, 0.4) is 0 Å². The molecule has 0 aliphatic carbocycles. The van der Waals surface area contributed by atoms with E-state index in [2.05, 4.69) is 52.8 Å². The molecule has 1 saturated heterocycles. The number of hydrogen-bond donors (Lipinski definition) is 17. The smallest absolute Gasteiger partial charge is 0.326 e. The molecule has 0 aromatic heterocycles. The van der Waals surface area contributed by atoms with Gasteiger partial charge < -0.3 is 95.5 Å². The quantitative estimate of drug-likeness (QED) is 0.0171. The first-order valence-corrected chi connectivity index (χ1v) is 30.5. The Balaban J connectivity index is 2.28. The van der Waals surface area contributed by atoms with E-state index in [1.165, 1.54) is 47.9 Å². The number of phenols is 1. The van der Waals surface area contributed by atoms with Crippen molar-refractivity contribution in [3.05, 3.63) is 29.8 Å². The van der Waals surface area contributed by atoms with Crippen molar-refractivity contribution in [2.24, 2.45) is 39.9 Å². The zero-order valence-corrected chi connectivity index (χ0v) is 52.2. The highest BCUT2D eigenvalue weighted by molar-refractivity contribution is 7.98. The van der Waals surface area contributed by atoms with Crippen molar-refractivity contribution in [1.29, 1.82) is 0 Å². The number of rotatable bonds is 39. The maximum atomic E-state index is 14.3. The third-order valence-electron chi connectivity index (χ3n) is 14.0. The number of nitrogens with one attached hydrogen (secondary N) is 9. The Morgan fingerprint density at radius 3 is 1.73 bits per heavy atom. The summed E-state index contributed by atoms with van der Waals surface area (Å²) in [6, 6.07) is -8.78. The summed E-state index contributed by atoms with van der Waals surface area (Å²) in [6.45, 7) is 10.4. The van der Waals surface area contributed by atoms with Crippen LogP contribution in [0, 0.1) is 17.8 Å². The fraction of sp³-hybridized carbons (Fsp3) is 0.643. The molecule has 10 amide bonds. The lowest BCUT2D eigenvalue weighted by atomic mass is 10.0. The summed E-state index contributed by atoms with van der Waals surface area (Å²) < 4.78 is 0. The maximum absolute atomic E-state index is 14.3. The van der Waals surface area contributed by atoms with Crippen LogP contribution < -0.4 is 65.1 Å². The highest BCUT2D eigenvalue weighted by atomic mass is 32.2. The van der Waals surface area contributed by atoms with E-state index in [4.69, 9.17) is 22.3 Å². The molecule has 33 heteroatoms. The van der Waals surface area contributed by atoms with Crippen LogP contribution in [0.15, 0.2) is 29.3 Å². The molecule has 0 unspecified atom stereocenters. The van der Waals surface area contributed by atoms with E-state index in [0.717, 1.165) is 0 Å². The van der Waals surface area contributed by atoms with Crippen molar-refractivity contribution in [1.82, 2.24) is 52.8 Å². The number of likely N-dealkylation sites (tertiary alicyclic amines) is 1. The molecular weight excluding hydrogens is 1190 g/mol. The van der Waals surface area contributed by atoms with Crippen LogP contribution in [0.5, 0.6) is 5.75 Å². The number of aliphatic imine (C=N–C) groups is 1. The van der Waals surface area contributed by atoms with E-state index in [1.807, 2.05) is 0 Å². The maximum Gasteiger partial charge on any atom is 0.326 e. The predicted molar refractivity (Wildman–Crippen MR) is 323 cm³/mol. The molecule has 1 heterocycles. The molecule has 11 atom stereocenters. The summed E-state index contributed by atoms with van der Waals surface area (Å²) in [4.78, 5) is 178. The molecule has 20 N–H and O–H groups in total. The fourth-order valence-corrected chi connectivity index (χ4v) is 9.61. The van der Waals surface area contributed by atoms with Gasteiger partial charge in [-0.15, -0.1) is 0 Å². The van der Waals surface area contributed by atoms with Crippen LogP contribution in [0.4, 0.5) is 0 Å². The fourth-order valence-electron chi connectivity index (χ4n) is 9.14. The van der Waals surface area contributed by atoms with Crippen molar-refractivity contribution in [2.45, 2.75) is 179 Å². The Morgan fingerprint density at radius 2 is 1.19 bits per heavy atom. The van der Waals surface area contributed by atoms with E-state index < -0.39 is 175 Å². The topological polar surface area (TPSA) is 525 Å². The molecule has 1 aromatic rings. The minimum atomic E-state index is -1.80. The highest BCUT2D eigenvalue weighted by Gasteiger charge is 2.41. The number of thioether (sulfide) groups is 1. The minimum Gasteiger partial charge on any atom is -0.508 e. The number of aliphatic hydroxyl groups excluding tert-OH is 1. The monoisotopic (exact) mass is 1280 g/mol. The largest absolute Gasteiger partial charge is 0.508 e. The summed E-state index contributed by atoms with van der Waals surface area (Å²) >= 11 is 1.32. The molecular formula is C56H90N14O18S. The molecule has 89 heavy (non-hydrogen) atoms. The first-order chi connectivity index (χ1) is 41.7. The van der Waals surface area contributed by atoms with Gasteiger partial charge in [-0.2, -0.15) is 11.8 Å².